The fraction of sp³-hybridized carbons (Fsp3) is 0.353. The minimum absolute atomic E-state index is 0.00291. The zero-order chi connectivity index (χ0) is 14.6. The molecule has 0 radical (unpaired) electrons. The number of amides is 1. The van der Waals surface area contributed by atoms with Crippen molar-refractivity contribution in [1.82, 2.24) is 5.32 Å². The van der Waals surface area contributed by atoms with Gasteiger partial charge in [-0.15, -0.1) is 11.3 Å². The number of hydrogen-bond donors (Lipinski definition) is 2. The second-order valence-electron chi connectivity index (χ2n) is 6.08. The van der Waals surface area contributed by atoms with Crippen molar-refractivity contribution < 1.29 is 4.79 Å². The first-order valence-corrected chi connectivity index (χ1v) is 8.28. The van der Waals surface area contributed by atoms with Crippen LogP contribution in [0.2, 0.25) is 0 Å². The van der Waals surface area contributed by atoms with Crippen molar-refractivity contribution >= 4 is 22.2 Å². The molecular weight excluding hydrogens is 280 g/mol. The molecule has 2 aromatic rings. The number of fused-ring (bicyclic) bond motifs is 3. The summed E-state index contributed by atoms with van der Waals surface area (Å²) in [4.78, 5) is 13.8. The number of nitrogen functional groups attached to an aromatic ring is 1. The van der Waals surface area contributed by atoms with Crippen molar-refractivity contribution in [2.45, 2.75) is 38.1 Å². The van der Waals surface area contributed by atoms with Crippen LogP contribution in [0.15, 0.2) is 24.3 Å². The lowest BCUT2D eigenvalue weighted by Gasteiger charge is -2.23. The third-order valence-corrected chi connectivity index (χ3v) is 5.44. The van der Waals surface area contributed by atoms with E-state index in [0.29, 0.717) is 22.5 Å². The highest BCUT2D eigenvalue weighted by molar-refractivity contribution is 7.17. The van der Waals surface area contributed by atoms with Crippen LogP contribution in [0.25, 0.3) is 11.1 Å². The van der Waals surface area contributed by atoms with E-state index in [1.165, 1.54) is 16.0 Å². The highest BCUT2D eigenvalue weighted by Gasteiger charge is 2.32. The van der Waals surface area contributed by atoms with Crippen LogP contribution < -0.4 is 11.1 Å². The Bertz CT molecular complexity index is 730. The van der Waals surface area contributed by atoms with Crippen LogP contribution in [0.1, 0.15) is 46.5 Å². The van der Waals surface area contributed by atoms with Gasteiger partial charge in [-0.3, -0.25) is 4.79 Å². The summed E-state index contributed by atoms with van der Waals surface area (Å²) in [7, 11) is 0. The molecule has 1 aromatic heterocycles. The van der Waals surface area contributed by atoms with Gasteiger partial charge in [0, 0.05) is 16.5 Å². The molecule has 1 unspecified atom stereocenters. The summed E-state index contributed by atoms with van der Waals surface area (Å²) in [5.41, 5.74) is 10.5. The highest BCUT2D eigenvalue weighted by atomic mass is 32.1. The van der Waals surface area contributed by atoms with Crippen molar-refractivity contribution in [3.8, 4) is 11.1 Å². The van der Waals surface area contributed by atoms with E-state index < -0.39 is 0 Å². The number of carbonyl (C=O) groups is 1. The summed E-state index contributed by atoms with van der Waals surface area (Å²) in [6.45, 7) is 2.24. The first kappa shape index (κ1) is 12.9. The number of thiophene rings is 1. The predicted molar refractivity (Wildman–Crippen MR) is 86.8 cm³/mol. The van der Waals surface area contributed by atoms with E-state index in [9.17, 15) is 4.79 Å². The number of carbonyl (C=O) groups excluding carboxylic acids is 1. The minimum Gasteiger partial charge on any atom is -0.390 e. The molecule has 108 valence electrons. The normalized spacial score (nSPS) is 19.8. The molecule has 0 spiro atoms. The average Bonchev–Trinajstić information content (AvgIpc) is 3.20. The molecule has 1 fully saturated rings. The van der Waals surface area contributed by atoms with E-state index in [0.717, 1.165) is 24.8 Å². The lowest BCUT2D eigenvalue weighted by atomic mass is 9.82. The van der Waals surface area contributed by atoms with Crippen LogP contribution in [0.4, 0.5) is 5.00 Å². The number of benzene rings is 1. The fourth-order valence-electron chi connectivity index (χ4n) is 3.18. The smallest absolute Gasteiger partial charge is 0.255 e. The fourth-order valence-corrected chi connectivity index (χ4v) is 4.39. The number of anilines is 1. The van der Waals surface area contributed by atoms with Crippen LogP contribution >= 0.6 is 11.3 Å². The standard InChI is InChI=1S/C17H18N2OS/c1-9-8-13-14(12-5-3-2-4-11(9)12)15(16(18)21-13)17(20)19-10-6-7-10/h2-5,9-10H,6-8,18H2,1H3,(H,19,20). The van der Waals surface area contributed by atoms with E-state index in [2.05, 4.69) is 30.4 Å². The molecular formula is C17H18N2OS. The number of rotatable bonds is 2. The largest absolute Gasteiger partial charge is 0.390 e. The molecule has 1 heterocycles. The number of hydrogen-bond acceptors (Lipinski definition) is 3. The van der Waals surface area contributed by atoms with Crippen molar-refractivity contribution in [2.75, 3.05) is 5.73 Å². The zero-order valence-corrected chi connectivity index (χ0v) is 12.8. The van der Waals surface area contributed by atoms with Gasteiger partial charge in [0.25, 0.3) is 5.91 Å². The van der Waals surface area contributed by atoms with Gasteiger partial charge >= 0.3 is 0 Å². The maximum atomic E-state index is 12.6. The van der Waals surface area contributed by atoms with Gasteiger partial charge in [-0.05, 0) is 36.3 Å². The monoisotopic (exact) mass is 298 g/mol. The third kappa shape index (κ3) is 2.05. The Labute approximate surface area is 128 Å². The molecule has 4 rings (SSSR count). The molecule has 1 amide bonds. The number of nitrogens with two attached hydrogens (primary N) is 1. The van der Waals surface area contributed by atoms with Crippen molar-refractivity contribution in [1.29, 1.82) is 0 Å². The Morgan fingerprint density at radius 3 is 2.86 bits per heavy atom. The van der Waals surface area contributed by atoms with Crippen LogP contribution in [0.5, 0.6) is 0 Å². The zero-order valence-electron chi connectivity index (χ0n) is 12.0. The summed E-state index contributed by atoms with van der Waals surface area (Å²) in [5.74, 6) is 0.475. The first-order valence-electron chi connectivity index (χ1n) is 7.46. The van der Waals surface area contributed by atoms with Gasteiger partial charge in [-0.1, -0.05) is 31.2 Å². The molecule has 3 nitrogen and oxygen atoms in total. The van der Waals surface area contributed by atoms with E-state index in [1.54, 1.807) is 11.3 Å². The summed E-state index contributed by atoms with van der Waals surface area (Å²) in [6.07, 6.45) is 3.15. The lowest BCUT2D eigenvalue weighted by Crippen LogP contribution is -2.26. The maximum absolute atomic E-state index is 12.6. The predicted octanol–water partition coefficient (Wildman–Crippen LogP) is 3.55. The Morgan fingerprint density at radius 2 is 2.10 bits per heavy atom. The van der Waals surface area contributed by atoms with Crippen LogP contribution in [0.3, 0.4) is 0 Å². The van der Waals surface area contributed by atoms with E-state index in [4.69, 9.17) is 5.73 Å². The van der Waals surface area contributed by atoms with Gasteiger partial charge in [-0.25, -0.2) is 0 Å². The van der Waals surface area contributed by atoms with Gasteiger partial charge < -0.3 is 11.1 Å². The van der Waals surface area contributed by atoms with Crippen molar-refractivity contribution in [3.63, 3.8) is 0 Å². The van der Waals surface area contributed by atoms with Gasteiger partial charge in [0.2, 0.25) is 0 Å². The molecule has 4 heteroatoms. The number of nitrogens with one attached hydrogen (secondary N) is 1. The van der Waals surface area contributed by atoms with Crippen molar-refractivity contribution in [3.05, 3.63) is 40.3 Å². The highest BCUT2D eigenvalue weighted by Crippen LogP contribution is 2.47. The Kier molecular flexibility index (Phi) is 2.82. The van der Waals surface area contributed by atoms with Crippen molar-refractivity contribution in [2.24, 2.45) is 0 Å². The summed E-state index contributed by atoms with van der Waals surface area (Å²) in [5, 5.41) is 3.73. The maximum Gasteiger partial charge on any atom is 0.255 e. The van der Waals surface area contributed by atoms with Crippen LogP contribution in [0, 0.1) is 0 Å². The molecule has 21 heavy (non-hydrogen) atoms. The lowest BCUT2D eigenvalue weighted by molar-refractivity contribution is 0.0953. The molecule has 1 aromatic carbocycles. The van der Waals surface area contributed by atoms with E-state index >= 15 is 0 Å². The van der Waals surface area contributed by atoms with Gasteiger partial charge in [0.05, 0.1) is 10.6 Å². The summed E-state index contributed by atoms with van der Waals surface area (Å²) in [6, 6.07) is 8.74. The van der Waals surface area contributed by atoms with Crippen LogP contribution in [-0.4, -0.2) is 11.9 Å². The summed E-state index contributed by atoms with van der Waals surface area (Å²) < 4.78 is 0. The average molecular weight is 298 g/mol. The SMILES string of the molecule is CC1Cc2sc(N)c(C(=O)NC3CC3)c2-c2ccccc21. The Hall–Kier alpha value is -1.81. The van der Waals surface area contributed by atoms with Gasteiger partial charge in [0.15, 0.2) is 0 Å². The van der Waals surface area contributed by atoms with E-state index in [-0.39, 0.29) is 5.91 Å². The molecule has 1 saturated carbocycles. The second-order valence-corrected chi connectivity index (χ2v) is 7.22. The second kappa shape index (κ2) is 4.60. The van der Waals surface area contributed by atoms with Gasteiger partial charge in [0.1, 0.15) is 0 Å². The summed E-state index contributed by atoms with van der Waals surface area (Å²) >= 11 is 1.58. The molecule has 1 atom stereocenters. The van der Waals surface area contributed by atoms with Gasteiger partial charge in [-0.2, -0.15) is 0 Å². The molecule has 0 aliphatic heterocycles. The Morgan fingerprint density at radius 1 is 1.33 bits per heavy atom. The quantitative estimate of drug-likeness (QED) is 0.891. The molecule has 3 N–H and O–H groups in total. The molecule has 2 aliphatic rings. The topological polar surface area (TPSA) is 55.1 Å². The first-order chi connectivity index (χ1) is 10.1. The molecule has 0 saturated heterocycles. The minimum atomic E-state index is -0.00291. The van der Waals surface area contributed by atoms with E-state index in [1.807, 2.05) is 6.07 Å². The molecule has 0 bridgehead atoms. The molecule has 2 aliphatic carbocycles. The third-order valence-electron chi connectivity index (χ3n) is 4.40. The Balaban J connectivity index is 1.86. The van der Waals surface area contributed by atoms with Crippen LogP contribution in [-0.2, 0) is 6.42 Å².